The third kappa shape index (κ3) is 4.30. The second-order valence-corrected chi connectivity index (χ2v) is 12.0. The number of pyridine rings is 1. The molecule has 4 heteroatoms. The Kier molecular flexibility index (Phi) is 6.15. The van der Waals surface area contributed by atoms with Crippen molar-refractivity contribution in [3.05, 3.63) is 170 Å². The number of aromatic nitrogens is 3. The van der Waals surface area contributed by atoms with E-state index in [1.54, 1.807) is 0 Å². The zero-order valence-electron chi connectivity index (χ0n) is 25.9. The highest BCUT2D eigenvalue weighted by atomic mass is 15.1. The van der Waals surface area contributed by atoms with Gasteiger partial charge in [0.1, 0.15) is 5.82 Å². The number of para-hydroxylation sites is 3. The fourth-order valence-corrected chi connectivity index (χ4v) is 7.00. The van der Waals surface area contributed by atoms with Crippen molar-refractivity contribution in [1.29, 1.82) is 0 Å². The molecule has 222 valence electrons. The van der Waals surface area contributed by atoms with Gasteiger partial charge in [-0.05, 0) is 84.3 Å². The fourth-order valence-electron chi connectivity index (χ4n) is 7.00. The molecule has 0 spiro atoms. The van der Waals surface area contributed by atoms with Crippen LogP contribution < -0.4 is 0 Å². The molecule has 3 heterocycles. The number of nitrogens with zero attached hydrogens (tertiary/aromatic N) is 4. The van der Waals surface area contributed by atoms with Crippen molar-refractivity contribution in [2.75, 3.05) is 0 Å². The lowest BCUT2D eigenvalue weighted by atomic mass is 9.99. The third-order valence-corrected chi connectivity index (χ3v) is 9.27. The molecule has 47 heavy (non-hydrogen) atoms. The zero-order chi connectivity index (χ0) is 31.5. The molecule has 0 radical (unpaired) electrons. The minimum atomic E-state index is 0.873. The Hall–Kier alpha value is -6.26. The minimum Gasteiger partial charge on any atom is -0.308 e. The Labute approximate surface area is 272 Å². The van der Waals surface area contributed by atoms with E-state index in [0.717, 1.165) is 67.1 Å². The molecule has 0 atom stereocenters. The fraction of sp³-hybridized carbons (Fsp3) is 0.0233. The van der Waals surface area contributed by atoms with Crippen LogP contribution >= 0.6 is 0 Å². The van der Waals surface area contributed by atoms with E-state index in [9.17, 15) is 0 Å². The van der Waals surface area contributed by atoms with Gasteiger partial charge in [-0.2, -0.15) is 0 Å². The highest BCUT2D eigenvalue weighted by molar-refractivity contribution is 6.21. The maximum absolute atomic E-state index is 5.18. The van der Waals surface area contributed by atoms with Gasteiger partial charge in [-0.3, -0.25) is 9.55 Å². The third-order valence-electron chi connectivity index (χ3n) is 9.27. The average molecular weight is 603 g/mol. The van der Waals surface area contributed by atoms with Crippen molar-refractivity contribution in [2.45, 2.75) is 6.92 Å². The maximum atomic E-state index is 5.18. The van der Waals surface area contributed by atoms with Crippen molar-refractivity contribution >= 4 is 55.1 Å². The molecule has 0 unspecified atom stereocenters. The quantitative estimate of drug-likeness (QED) is 0.197. The summed E-state index contributed by atoms with van der Waals surface area (Å²) in [6, 6.07) is 43.1. The molecule has 0 saturated carbocycles. The van der Waals surface area contributed by atoms with Crippen LogP contribution in [0.3, 0.4) is 0 Å². The van der Waals surface area contributed by atoms with Gasteiger partial charge in [-0.25, -0.2) is 4.99 Å². The van der Waals surface area contributed by atoms with E-state index in [1.165, 1.54) is 21.7 Å². The molecule has 0 bridgehead atoms. The number of hydrogen-bond donors (Lipinski definition) is 0. The number of rotatable bonds is 4. The number of aliphatic imine (C=N–C) groups is 1. The van der Waals surface area contributed by atoms with Crippen molar-refractivity contribution in [3.8, 4) is 22.5 Å². The summed E-state index contributed by atoms with van der Waals surface area (Å²) in [4.78, 5) is 10.0. The molecule has 8 aromatic rings. The van der Waals surface area contributed by atoms with Crippen molar-refractivity contribution in [2.24, 2.45) is 4.99 Å². The van der Waals surface area contributed by atoms with Crippen LogP contribution in [0.4, 0.5) is 5.82 Å². The summed E-state index contributed by atoms with van der Waals surface area (Å²) in [6.07, 6.45) is 10.1. The summed E-state index contributed by atoms with van der Waals surface area (Å²) in [7, 11) is 0. The van der Waals surface area contributed by atoms with Gasteiger partial charge in [-0.1, -0.05) is 91.5 Å². The molecule has 0 amide bonds. The Balaban J connectivity index is 1.28. The Morgan fingerprint density at radius 2 is 1.21 bits per heavy atom. The summed E-state index contributed by atoms with van der Waals surface area (Å²) in [6.45, 7) is 6.41. The van der Waals surface area contributed by atoms with E-state index in [-0.39, 0.29) is 0 Å². The van der Waals surface area contributed by atoms with Gasteiger partial charge in [0.25, 0.3) is 0 Å². The molecule has 0 saturated heterocycles. The number of aryl methyl sites for hydroxylation is 1. The SMILES string of the molecule is C=C1C=CC=CC1=Nc1c(C)c2cc(-c3ccc4c(c3)c3c5ccccc5ncc3n4-c3ccccc3)ccc2n1-c1ccccc1. The topological polar surface area (TPSA) is 35.1 Å². The standard InChI is InChI=1S/C43H30N4/c1-28-13-9-11-19-37(28)45-43-29(2)35-25-30(21-23-39(35)47(43)33-16-7-4-8-17-33)31-22-24-40-36(26-31)42-34-18-10-12-20-38(34)44-27-41(42)46(40)32-14-5-3-6-15-32/h3-27H,1H2,2H3. The van der Waals surface area contributed by atoms with Gasteiger partial charge in [0.05, 0.1) is 34.0 Å². The number of benzene rings is 5. The van der Waals surface area contributed by atoms with Crippen molar-refractivity contribution in [1.82, 2.24) is 14.1 Å². The van der Waals surface area contributed by atoms with Gasteiger partial charge >= 0.3 is 0 Å². The first-order valence-electron chi connectivity index (χ1n) is 15.9. The molecular formula is C43H30N4. The van der Waals surface area contributed by atoms with Crippen molar-refractivity contribution < 1.29 is 0 Å². The summed E-state index contributed by atoms with van der Waals surface area (Å²) in [5.74, 6) is 0.916. The first-order valence-corrected chi connectivity index (χ1v) is 15.9. The molecule has 0 fully saturated rings. The normalized spacial score (nSPS) is 14.0. The minimum absolute atomic E-state index is 0.873. The summed E-state index contributed by atoms with van der Waals surface area (Å²) in [5.41, 5.74) is 11.8. The van der Waals surface area contributed by atoms with E-state index in [4.69, 9.17) is 9.98 Å². The average Bonchev–Trinajstić information content (AvgIpc) is 3.61. The zero-order valence-corrected chi connectivity index (χ0v) is 25.9. The largest absolute Gasteiger partial charge is 0.308 e. The lowest BCUT2D eigenvalue weighted by Crippen LogP contribution is -2.00. The van der Waals surface area contributed by atoms with E-state index < -0.39 is 0 Å². The van der Waals surface area contributed by atoms with Gasteiger partial charge in [0.15, 0.2) is 0 Å². The number of hydrogen-bond acceptors (Lipinski definition) is 2. The lowest BCUT2D eigenvalue weighted by Gasteiger charge is -2.11. The summed E-state index contributed by atoms with van der Waals surface area (Å²) >= 11 is 0. The molecule has 0 N–H and O–H groups in total. The van der Waals surface area contributed by atoms with E-state index in [2.05, 4.69) is 138 Å². The molecule has 3 aromatic heterocycles. The molecule has 5 aromatic carbocycles. The van der Waals surface area contributed by atoms with Gasteiger partial charge in [0, 0.05) is 38.5 Å². The van der Waals surface area contributed by atoms with Crippen LogP contribution in [-0.4, -0.2) is 19.8 Å². The smallest absolute Gasteiger partial charge is 0.141 e. The van der Waals surface area contributed by atoms with E-state index in [0.29, 0.717) is 0 Å². The van der Waals surface area contributed by atoms with Gasteiger partial charge in [0.2, 0.25) is 0 Å². The lowest BCUT2D eigenvalue weighted by molar-refractivity contribution is 1.10. The monoisotopic (exact) mass is 602 g/mol. The van der Waals surface area contributed by atoms with Gasteiger partial charge in [-0.15, -0.1) is 0 Å². The first kappa shape index (κ1) is 27.1. The van der Waals surface area contributed by atoms with Crippen LogP contribution in [0.2, 0.25) is 0 Å². The number of fused-ring (bicyclic) bond motifs is 6. The van der Waals surface area contributed by atoms with Crippen LogP contribution in [0, 0.1) is 6.92 Å². The van der Waals surface area contributed by atoms with Crippen LogP contribution in [0.5, 0.6) is 0 Å². The van der Waals surface area contributed by atoms with Crippen LogP contribution in [0.15, 0.2) is 169 Å². The first-order chi connectivity index (χ1) is 23.2. The van der Waals surface area contributed by atoms with Crippen molar-refractivity contribution in [3.63, 3.8) is 0 Å². The number of allylic oxidation sites excluding steroid dienone is 5. The Morgan fingerprint density at radius 1 is 0.596 bits per heavy atom. The molecule has 1 aliphatic carbocycles. The molecule has 9 rings (SSSR count). The second-order valence-electron chi connectivity index (χ2n) is 12.0. The van der Waals surface area contributed by atoms with E-state index in [1.807, 2.05) is 36.6 Å². The van der Waals surface area contributed by atoms with E-state index >= 15 is 0 Å². The van der Waals surface area contributed by atoms with Crippen LogP contribution in [0.1, 0.15) is 5.56 Å². The maximum Gasteiger partial charge on any atom is 0.141 e. The predicted octanol–water partition coefficient (Wildman–Crippen LogP) is 11.0. The highest BCUT2D eigenvalue weighted by Crippen LogP contribution is 2.41. The Morgan fingerprint density at radius 3 is 1.94 bits per heavy atom. The summed E-state index contributed by atoms with van der Waals surface area (Å²) in [5, 5.41) is 4.76. The Bertz CT molecular complexity index is 2630. The molecule has 4 nitrogen and oxygen atoms in total. The second kappa shape index (κ2) is 10.7. The molecule has 1 aliphatic rings. The summed E-state index contributed by atoms with van der Waals surface area (Å²) < 4.78 is 4.59. The molecule has 0 aliphatic heterocycles. The van der Waals surface area contributed by atoms with Crippen LogP contribution in [-0.2, 0) is 0 Å². The van der Waals surface area contributed by atoms with Gasteiger partial charge < -0.3 is 4.57 Å². The highest BCUT2D eigenvalue weighted by Gasteiger charge is 2.19. The van der Waals surface area contributed by atoms with Crippen LogP contribution in [0.25, 0.3) is 66.1 Å². The predicted molar refractivity (Wildman–Crippen MR) is 198 cm³/mol. The molecular weight excluding hydrogens is 573 g/mol.